The van der Waals surface area contributed by atoms with Gasteiger partial charge in [0.25, 0.3) is 0 Å². The fraction of sp³-hybridized carbons (Fsp3) is 0.174. The van der Waals surface area contributed by atoms with E-state index in [1.807, 2.05) is 97.9 Å². The van der Waals surface area contributed by atoms with Crippen LogP contribution in [0.4, 0.5) is 0 Å². The van der Waals surface area contributed by atoms with Crippen molar-refractivity contribution in [2.45, 2.75) is 19.0 Å². The molecular weight excluding hydrogens is 369 g/mol. The third kappa shape index (κ3) is 2.90. The molecule has 1 saturated heterocycles. The molecule has 1 aliphatic rings. The maximum absolute atomic E-state index is 14.7. The van der Waals surface area contributed by atoms with Crippen molar-refractivity contribution in [3.63, 3.8) is 0 Å². The summed E-state index contributed by atoms with van der Waals surface area (Å²) >= 11 is 0. The Balaban J connectivity index is 1.93. The fourth-order valence-electron chi connectivity index (χ4n) is 4.20. The number of rotatable bonds is 5. The molecule has 1 fully saturated rings. The van der Waals surface area contributed by atoms with Crippen LogP contribution in [0.25, 0.3) is 0 Å². The first-order chi connectivity index (χ1) is 13.5. The molecule has 3 atom stereocenters. The first kappa shape index (κ1) is 18.7. The van der Waals surface area contributed by atoms with Gasteiger partial charge in [0.1, 0.15) is 6.04 Å². The SMILES string of the molecule is C[C@@H]1[C@@H](C(=O)O)N(P(=O)(c2ccccc2)c2ccccc2)[C@@H]1c1ccccc1. The van der Waals surface area contributed by atoms with Crippen LogP contribution < -0.4 is 10.6 Å². The van der Waals surface area contributed by atoms with Crippen molar-refractivity contribution in [2.75, 3.05) is 0 Å². The van der Waals surface area contributed by atoms with Crippen LogP contribution in [0.3, 0.4) is 0 Å². The first-order valence-electron chi connectivity index (χ1n) is 9.33. The van der Waals surface area contributed by atoms with Crippen LogP contribution in [0.1, 0.15) is 18.5 Å². The predicted molar refractivity (Wildman–Crippen MR) is 111 cm³/mol. The number of carboxylic acids is 1. The van der Waals surface area contributed by atoms with Crippen molar-refractivity contribution in [1.82, 2.24) is 4.67 Å². The lowest BCUT2D eigenvalue weighted by atomic mass is 9.80. The highest BCUT2D eigenvalue weighted by Gasteiger charge is 2.58. The Bertz CT molecular complexity index is 964. The number of hydrogen-bond acceptors (Lipinski definition) is 2. The van der Waals surface area contributed by atoms with Crippen molar-refractivity contribution in [3.8, 4) is 0 Å². The van der Waals surface area contributed by atoms with Crippen LogP contribution in [0.5, 0.6) is 0 Å². The van der Waals surface area contributed by atoms with Crippen LogP contribution in [0.2, 0.25) is 0 Å². The van der Waals surface area contributed by atoms with Crippen LogP contribution in [0, 0.1) is 5.92 Å². The molecule has 0 radical (unpaired) electrons. The number of benzene rings is 3. The maximum atomic E-state index is 14.7. The molecular formula is C23H22NO3P. The summed E-state index contributed by atoms with van der Waals surface area (Å²) in [4.78, 5) is 12.1. The third-order valence-electron chi connectivity index (χ3n) is 5.50. The summed E-state index contributed by atoms with van der Waals surface area (Å²) < 4.78 is 16.4. The Kier molecular flexibility index (Phi) is 4.92. The van der Waals surface area contributed by atoms with Crippen LogP contribution in [-0.2, 0) is 9.36 Å². The smallest absolute Gasteiger partial charge is 0.321 e. The molecule has 1 heterocycles. The molecule has 0 aliphatic carbocycles. The Morgan fingerprint density at radius 3 is 1.68 bits per heavy atom. The molecule has 4 rings (SSSR count). The van der Waals surface area contributed by atoms with Gasteiger partial charge < -0.3 is 5.11 Å². The van der Waals surface area contributed by atoms with E-state index in [1.54, 1.807) is 4.67 Å². The molecule has 0 saturated carbocycles. The Labute approximate surface area is 164 Å². The first-order valence-corrected chi connectivity index (χ1v) is 11.0. The Hall–Kier alpha value is -2.68. The summed E-state index contributed by atoms with van der Waals surface area (Å²) in [5.74, 6) is -1.09. The minimum absolute atomic E-state index is 0.152. The van der Waals surface area contributed by atoms with Gasteiger partial charge >= 0.3 is 5.97 Å². The van der Waals surface area contributed by atoms with Gasteiger partial charge in [-0.3, -0.25) is 9.36 Å². The van der Waals surface area contributed by atoms with E-state index in [4.69, 9.17) is 0 Å². The summed E-state index contributed by atoms with van der Waals surface area (Å²) in [6.45, 7) is 1.92. The molecule has 4 nitrogen and oxygen atoms in total. The van der Waals surface area contributed by atoms with Crippen molar-refractivity contribution < 1.29 is 14.5 Å². The van der Waals surface area contributed by atoms with E-state index in [9.17, 15) is 14.5 Å². The molecule has 1 N–H and O–H groups in total. The maximum Gasteiger partial charge on any atom is 0.321 e. The van der Waals surface area contributed by atoms with Crippen molar-refractivity contribution >= 4 is 23.9 Å². The van der Waals surface area contributed by atoms with E-state index in [2.05, 4.69) is 0 Å². The van der Waals surface area contributed by atoms with E-state index in [0.29, 0.717) is 10.6 Å². The van der Waals surface area contributed by atoms with E-state index < -0.39 is 19.3 Å². The summed E-state index contributed by atoms with van der Waals surface area (Å²) in [6.07, 6.45) is 0. The molecule has 0 aromatic heterocycles. The lowest BCUT2D eigenvalue weighted by molar-refractivity contribution is -0.152. The molecule has 142 valence electrons. The van der Waals surface area contributed by atoms with E-state index in [1.165, 1.54) is 0 Å². The number of aliphatic carboxylic acids is 1. The number of hydrogen-bond donors (Lipinski definition) is 1. The average molecular weight is 391 g/mol. The molecule has 3 aromatic rings. The minimum atomic E-state index is -3.34. The van der Waals surface area contributed by atoms with Gasteiger partial charge in [0.05, 0.1) is 0 Å². The standard InChI is InChI=1S/C23H22NO3P/c1-17-21(18-11-5-2-6-12-18)24(22(17)23(25)26)28(27,19-13-7-3-8-14-19)20-15-9-4-10-16-20/h2-17,21-22H,1H3,(H,25,26)/t17-,21-,22-/m0/s1. The molecule has 28 heavy (non-hydrogen) atoms. The molecule has 5 heteroatoms. The van der Waals surface area contributed by atoms with Crippen LogP contribution >= 0.6 is 7.29 Å². The second kappa shape index (κ2) is 7.38. The zero-order valence-electron chi connectivity index (χ0n) is 15.6. The predicted octanol–water partition coefficient (Wildman–Crippen LogP) is 4.06. The lowest BCUT2D eigenvalue weighted by Crippen LogP contribution is -2.61. The molecule has 1 aliphatic heterocycles. The summed E-state index contributed by atoms with van der Waals surface area (Å²) in [5, 5.41) is 11.2. The lowest BCUT2D eigenvalue weighted by Gasteiger charge is -2.55. The summed E-state index contributed by atoms with van der Waals surface area (Å²) in [5.41, 5.74) is 0.986. The highest BCUT2D eigenvalue weighted by atomic mass is 31.2. The van der Waals surface area contributed by atoms with Gasteiger partial charge in [-0.05, 0) is 29.8 Å². The molecule has 0 bridgehead atoms. The Morgan fingerprint density at radius 2 is 1.25 bits per heavy atom. The van der Waals surface area contributed by atoms with E-state index >= 15 is 0 Å². The zero-order chi connectivity index (χ0) is 19.7. The highest BCUT2D eigenvalue weighted by molar-refractivity contribution is 7.76. The van der Waals surface area contributed by atoms with Gasteiger partial charge in [-0.15, -0.1) is 0 Å². The number of carbonyl (C=O) groups is 1. The molecule has 0 unspecified atom stereocenters. The fourth-order valence-corrected chi connectivity index (χ4v) is 7.53. The second-order valence-electron chi connectivity index (χ2n) is 7.12. The average Bonchev–Trinajstić information content (AvgIpc) is 2.73. The minimum Gasteiger partial charge on any atom is -0.480 e. The van der Waals surface area contributed by atoms with Crippen molar-refractivity contribution in [2.24, 2.45) is 5.92 Å². The van der Waals surface area contributed by atoms with E-state index in [0.717, 1.165) is 5.56 Å². The van der Waals surface area contributed by atoms with Crippen molar-refractivity contribution in [3.05, 3.63) is 96.6 Å². The quantitative estimate of drug-likeness (QED) is 0.667. The van der Waals surface area contributed by atoms with Crippen LogP contribution in [0.15, 0.2) is 91.0 Å². The number of nitrogens with zero attached hydrogens (tertiary/aromatic N) is 1. The van der Waals surface area contributed by atoms with Gasteiger partial charge in [-0.1, -0.05) is 73.7 Å². The third-order valence-corrected chi connectivity index (χ3v) is 8.64. The normalized spacial score (nSPS) is 22.4. The summed E-state index contributed by atoms with van der Waals surface area (Å²) in [6, 6.07) is 27.2. The molecule has 0 spiro atoms. The second-order valence-corrected chi connectivity index (χ2v) is 9.77. The van der Waals surface area contributed by atoms with Gasteiger partial charge in [0.2, 0.25) is 7.29 Å². The summed E-state index contributed by atoms with van der Waals surface area (Å²) in [7, 11) is -3.34. The monoisotopic (exact) mass is 391 g/mol. The zero-order valence-corrected chi connectivity index (χ0v) is 16.4. The molecule has 0 amide bonds. The van der Waals surface area contributed by atoms with Gasteiger partial charge in [0.15, 0.2) is 0 Å². The number of carboxylic acid groups (broad SMARTS) is 1. The van der Waals surface area contributed by atoms with Crippen LogP contribution in [-0.4, -0.2) is 21.8 Å². The topological polar surface area (TPSA) is 57.6 Å². The highest BCUT2D eigenvalue weighted by Crippen LogP contribution is 2.62. The van der Waals surface area contributed by atoms with Gasteiger partial charge in [0, 0.05) is 22.6 Å². The Morgan fingerprint density at radius 1 is 0.821 bits per heavy atom. The van der Waals surface area contributed by atoms with Crippen molar-refractivity contribution in [1.29, 1.82) is 0 Å². The molecule has 3 aromatic carbocycles. The van der Waals surface area contributed by atoms with Gasteiger partial charge in [-0.2, -0.15) is 0 Å². The van der Waals surface area contributed by atoms with E-state index in [-0.39, 0.29) is 12.0 Å². The van der Waals surface area contributed by atoms with Gasteiger partial charge in [-0.25, -0.2) is 4.67 Å². The largest absolute Gasteiger partial charge is 0.480 e.